The van der Waals surface area contributed by atoms with Gasteiger partial charge in [-0.3, -0.25) is 4.90 Å². The maximum absolute atomic E-state index is 6.22. The first-order valence-corrected chi connectivity index (χ1v) is 6.87. The molecule has 0 bridgehead atoms. The van der Waals surface area contributed by atoms with Crippen LogP contribution in [0.3, 0.4) is 0 Å². The number of hydrogen-bond acceptors (Lipinski definition) is 3. The molecular weight excluding hydrogens is 246 g/mol. The zero-order chi connectivity index (χ0) is 13.1. The van der Waals surface area contributed by atoms with Crippen molar-refractivity contribution in [1.29, 1.82) is 0 Å². The Kier molecular flexibility index (Phi) is 4.49. The van der Waals surface area contributed by atoms with Crippen LogP contribution in [0.15, 0.2) is 18.2 Å². The summed E-state index contributed by atoms with van der Waals surface area (Å²) in [7, 11) is 4.31. The van der Waals surface area contributed by atoms with Crippen LogP contribution >= 0.6 is 11.6 Å². The van der Waals surface area contributed by atoms with E-state index in [1.165, 1.54) is 12.8 Å². The summed E-state index contributed by atoms with van der Waals surface area (Å²) in [4.78, 5) is 4.78. The van der Waals surface area contributed by atoms with E-state index >= 15 is 0 Å². The van der Waals surface area contributed by atoms with Gasteiger partial charge in [-0.2, -0.15) is 0 Å². The molecule has 100 valence electrons. The molecule has 0 radical (unpaired) electrons. The SMILES string of the molecule is CN(C)C1CCCN(Cc2cc(N)ccc2Cl)C1. The summed E-state index contributed by atoms with van der Waals surface area (Å²) < 4.78 is 0. The number of likely N-dealkylation sites (N-methyl/N-ethyl adjacent to an activating group) is 1. The third-order valence-electron chi connectivity index (χ3n) is 3.67. The monoisotopic (exact) mass is 267 g/mol. The summed E-state index contributed by atoms with van der Waals surface area (Å²) in [6, 6.07) is 6.38. The molecule has 1 aliphatic heterocycles. The Labute approximate surface area is 115 Å². The van der Waals surface area contributed by atoms with Crippen LogP contribution in [0.2, 0.25) is 5.02 Å². The lowest BCUT2D eigenvalue weighted by molar-refractivity contribution is 0.128. The third-order valence-corrected chi connectivity index (χ3v) is 4.04. The van der Waals surface area contributed by atoms with Gasteiger partial charge in [0.05, 0.1) is 0 Å². The van der Waals surface area contributed by atoms with Crippen LogP contribution in [0.1, 0.15) is 18.4 Å². The first-order valence-electron chi connectivity index (χ1n) is 6.49. The van der Waals surface area contributed by atoms with Crippen molar-refractivity contribution in [1.82, 2.24) is 9.80 Å². The second-order valence-electron chi connectivity index (χ2n) is 5.35. The van der Waals surface area contributed by atoms with Crippen molar-refractivity contribution in [3.63, 3.8) is 0 Å². The Balaban J connectivity index is 2.02. The summed E-state index contributed by atoms with van der Waals surface area (Å²) >= 11 is 6.22. The van der Waals surface area contributed by atoms with Crippen molar-refractivity contribution < 1.29 is 0 Å². The maximum Gasteiger partial charge on any atom is 0.0452 e. The van der Waals surface area contributed by atoms with Crippen molar-refractivity contribution in [2.24, 2.45) is 0 Å². The molecule has 0 amide bonds. The van der Waals surface area contributed by atoms with Gasteiger partial charge in [0, 0.05) is 29.8 Å². The summed E-state index contributed by atoms with van der Waals surface area (Å²) in [5.74, 6) is 0. The number of rotatable bonds is 3. The van der Waals surface area contributed by atoms with Gasteiger partial charge >= 0.3 is 0 Å². The molecule has 1 fully saturated rings. The van der Waals surface area contributed by atoms with Crippen molar-refractivity contribution in [3.8, 4) is 0 Å². The van der Waals surface area contributed by atoms with Crippen molar-refractivity contribution >= 4 is 17.3 Å². The largest absolute Gasteiger partial charge is 0.399 e. The fourth-order valence-corrected chi connectivity index (χ4v) is 2.73. The highest BCUT2D eigenvalue weighted by atomic mass is 35.5. The molecule has 0 aliphatic carbocycles. The number of nitrogens with two attached hydrogens (primary N) is 1. The molecule has 1 heterocycles. The maximum atomic E-state index is 6.22. The lowest BCUT2D eigenvalue weighted by Gasteiger charge is -2.36. The van der Waals surface area contributed by atoms with E-state index in [4.69, 9.17) is 17.3 Å². The van der Waals surface area contributed by atoms with Crippen molar-refractivity contribution in [2.75, 3.05) is 32.9 Å². The highest BCUT2D eigenvalue weighted by Gasteiger charge is 2.21. The minimum Gasteiger partial charge on any atom is -0.399 e. The predicted octanol–water partition coefficient (Wildman–Crippen LogP) is 2.45. The summed E-state index contributed by atoms with van der Waals surface area (Å²) in [5, 5.41) is 0.816. The van der Waals surface area contributed by atoms with E-state index in [-0.39, 0.29) is 0 Å². The minimum absolute atomic E-state index is 0.651. The quantitative estimate of drug-likeness (QED) is 0.854. The standard InChI is InChI=1S/C14H22ClN3/c1-17(2)13-4-3-7-18(10-13)9-11-8-12(16)5-6-14(11)15/h5-6,8,13H,3-4,7,9-10,16H2,1-2H3. The second-order valence-corrected chi connectivity index (χ2v) is 5.75. The molecule has 2 N–H and O–H groups in total. The molecule has 4 heteroatoms. The van der Waals surface area contributed by atoms with Gasteiger partial charge in [-0.25, -0.2) is 0 Å². The fourth-order valence-electron chi connectivity index (χ4n) is 2.55. The summed E-state index contributed by atoms with van der Waals surface area (Å²) in [5.41, 5.74) is 7.75. The molecule has 1 aliphatic rings. The van der Waals surface area contributed by atoms with Crippen molar-refractivity contribution in [2.45, 2.75) is 25.4 Å². The van der Waals surface area contributed by atoms with Crippen LogP contribution in [0, 0.1) is 0 Å². The van der Waals surface area contributed by atoms with Gasteiger partial charge in [-0.05, 0) is 57.2 Å². The van der Waals surface area contributed by atoms with Crippen molar-refractivity contribution in [3.05, 3.63) is 28.8 Å². The number of benzene rings is 1. The molecule has 1 atom stereocenters. The molecule has 18 heavy (non-hydrogen) atoms. The van der Waals surface area contributed by atoms with Crippen LogP contribution in [0.4, 0.5) is 5.69 Å². The summed E-state index contributed by atoms with van der Waals surface area (Å²) in [6.45, 7) is 3.15. The van der Waals surface area contributed by atoms with Gasteiger partial charge < -0.3 is 10.6 Å². The molecule has 1 unspecified atom stereocenters. The molecule has 1 aromatic rings. The molecule has 3 nitrogen and oxygen atoms in total. The van der Waals surface area contributed by atoms with E-state index < -0.39 is 0 Å². The number of nitrogen functional groups attached to an aromatic ring is 1. The highest BCUT2D eigenvalue weighted by Crippen LogP contribution is 2.23. The Hall–Kier alpha value is -0.770. The van der Waals surface area contributed by atoms with E-state index in [0.29, 0.717) is 6.04 Å². The van der Waals surface area contributed by atoms with Crippen LogP contribution in [0.5, 0.6) is 0 Å². The zero-order valence-corrected chi connectivity index (χ0v) is 12.0. The average Bonchev–Trinajstić information content (AvgIpc) is 2.34. The van der Waals surface area contributed by atoms with E-state index in [0.717, 1.165) is 35.9 Å². The smallest absolute Gasteiger partial charge is 0.0452 e. The molecule has 0 spiro atoms. The lowest BCUT2D eigenvalue weighted by atomic mass is 10.0. The molecule has 1 aromatic carbocycles. The third kappa shape index (κ3) is 3.37. The minimum atomic E-state index is 0.651. The van der Waals surface area contributed by atoms with E-state index in [9.17, 15) is 0 Å². The zero-order valence-electron chi connectivity index (χ0n) is 11.2. The molecule has 2 rings (SSSR count). The van der Waals surface area contributed by atoms with Gasteiger partial charge in [-0.1, -0.05) is 11.6 Å². The van der Waals surface area contributed by atoms with Gasteiger partial charge in [0.1, 0.15) is 0 Å². The highest BCUT2D eigenvalue weighted by molar-refractivity contribution is 6.31. The Morgan fingerprint density at radius 1 is 1.44 bits per heavy atom. The van der Waals surface area contributed by atoms with Gasteiger partial charge in [0.15, 0.2) is 0 Å². The van der Waals surface area contributed by atoms with Gasteiger partial charge in [-0.15, -0.1) is 0 Å². The van der Waals surface area contributed by atoms with Crippen LogP contribution in [0.25, 0.3) is 0 Å². The number of likely N-dealkylation sites (tertiary alicyclic amines) is 1. The number of anilines is 1. The number of hydrogen-bond donors (Lipinski definition) is 1. The van der Waals surface area contributed by atoms with E-state index in [1.807, 2.05) is 18.2 Å². The van der Waals surface area contributed by atoms with Crippen LogP contribution < -0.4 is 5.73 Å². The fraction of sp³-hybridized carbons (Fsp3) is 0.571. The van der Waals surface area contributed by atoms with E-state index in [2.05, 4.69) is 23.9 Å². The molecule has 0 aromatic heterocycles. The van der Waals surface area contributed by atoms with Crippen LogP contribution in [-0.4, -0.2) is 43.0 Å². The Morgan fingerprint density at radius 3 is 2.94 bits per heavy atom. The number of piperidine rings is 1. The number of nitrogens with zero attached hydrogens (tertiary/aromatic N) is 2. The van der Waals surface area contributed by atoms with Crippen LogP contribution in [-0.2, 0) is 6.54 Å². The number of halogens is 1. The first kappa shape index (κ1) is 13.7. The lowest BCUT2D eigenvalue weighted by Crippen LogP contribution is -2.44. The normalized spacial score (nSPS) is 21.4. The Bertz CT molecular complexity index is 406. The van der Waals surface area contributed by atoms with Gasteiger partial charge in [0.25, 0.3) is 0 Å². The predicted molar refractivity (Wildman–Crippen MR) is 77.9 cm³/mol. The van der Waals surface area contributed by atoms with E-state index in [1.54, 1.807) is 0 Å². The first-order chi connectivity index (χ1) is 8.56. The molecule has 1 saturated heterocycles. The topological polar surface area (TPSA) is 32.5 Å². The summed E-state index contributed by atoms with van der Waals surface area (Å²) in [6.07, 6.45) is 2.54. The second kappa shape index (κ2) is 5.91. The molecular formula is C14H22ClN3. The average molecular weight is 268 g/mol. The Morgan fingerprint density at radius 2 is 2.22 bits per heavy atom. The molecule has 0 saturated carbocycles. The van der Waals surface area contributed by atoms with Gasteiger partial charge in [0.2, 0.25) is 0 Å².